The normalized spacial score (nSPS) is 14.8. The molecule has 1 fully saturated rings. The Labute approximate surface area is 121 Å². The molecule has 5 nitrogen and oxygen atoms in total. The fourth-order valence-electron chi connectivity index (χ4n) is 1.99. The molecule has 2 heterocycles. The van der Waals surface area contributed by atoms with E-state index in [9.17, 15) is 4.79 Å². The summed E-state index contributed by atoms with van der Waals surface area (Å²) < 4.78 is 5.19. The van der Waals surface area contributed by atoms with Crippen molar-refractivity contribution in [2.45, 2.75) is 0 Å². The summed E-state index contributed by atoms with van der Waals surface area (Å²) >= 11 is 6.08. The molecule has 0 spiro atoms. The average molecular weight is 292 g/mol. The van der Waals surface area contributed by atoms with Crippen LogP contribution >= 0.6 is 11.6 Å². The molecule has 1 aromatic heterocycles. The topological polar surface area (TPSA) is 67.2 Å². The van der Waals surface area contributed by atoms with Gasteiger partial charge in [0.15, 0.2) is 11.5 Å². The van der Waals surface area contributed by atoms with E-state index in [0.29, 0.717) is 23.2 Å². The molecule has 3 rings (SSSR count). The van der Waals surface area contributed by atoms with Crippen LogP contribution in [0.15, 0.2) is 34.9 Å². The van der Waals surface area contributed by atoms with Gasteiger partial charge in [0, 0.05) is 37.2 Å². The van der Waals surface area contributed by atoms with Crippen LogP contribution in [0.5, 0.6) is 0 Å². The molecule has 6 heteroatoms. The van der Waals surface area contributed by atoms with E-state index in [2.05, 4.69) is 15.8 Å². The Kier molecular flexibility index (Phi) is 3.71. The zero-order valence-electron chi connectivity index (χ0n) is 10.7. The van der Waals surface area contributed by atoms with Crippen molar-refractivity contribution in [3.63, 3.8) is 0 Å². The highest BCUT2D eigenvalue weighted by Crippen LogP contribution is 2.27. The van der Waals surface area contributed by atoms with Crippen LogP contribution in [0.25, 0.3) is 11.3 Å². The largest absolute Gasteiger partial charge is 0.355 e. The first-order valence-electron chi connectivity index (χ1n) is 6.44. The SMILES string of the molecule is O=C(NCC1CNC1)c1cc(-c2ccccc2Cl)on1. The fraction of sp³-hybridized carbons (Fsp3) is 0.286. The molecule has 1 aliphatic rings. The molecular weight excluding hydrogens is 278 g/mol. The molecule has 0 bridgehead atoms. The number of halogens is 1. The minimum Gasteiger partial charge on any atom is -0.355 e. The minimum atomic E-state index is -0.223. The van der Waals surface area contributed by atoms with Gasteiger partial charge in [0.1, 0.15) is 0 Å². The van der Waals surface area contributed by atoms with E-state index in [-0.39, 0.29) is 11.6 Å². The molecule has 2 N–H and O–H groups in total. The molecule has 1 aromatic carbocycles. The van der Waals surface area contributed by atoms with Gasteiger partial charge >= 0.3 is 0 Å². The number of nitrogens with zero attached hydrogens (tertiary/aromatic N) is 1. The van der Waals surface area contributed by atoms with E-state index in [1.165, 1.54) is 0 Å². The van der Waals surface area contributed by atoms with Crippen molar-refractivity contribution in [3.8, 4) is 11.3 Å². The van der Waals surface area contributed by atoms with Crippen LogP contribution in [0.3, 0.4) is 0 Å². The Morgan fingerprint density at radius 3 is 2.95 bits per heavy atom. The number of hydrogen-bond donors (Lipinski definition) is 2. The van der Waals surface area contributed by atoms with E-state index in [1.54, 1.807) is 12.1 Å². The maximum atomic E-state index is 11.9. The smallest absolute Gasteiger partial charge is 0.273 e. The number of rotatable bonds is 4. The predicted octanol–water partition coefficient (Wildman–Crippen LogP) is 1.94. The van der Waals surface area contributed by atoms with Gasteiger partial charge in [-0.15, -0.1) is 0 Å². The standard InChI is InChI=1S/C14H14ClN3O2/c15-11-4-2-1-3-10(11)13-5-12(18-20-13)14(19)17-8-9-6-16-7-9/h1-5,9,16H,6-8H2,(H,17,19). The molecule has 0 aliphatic carbocycles. The molecule has 1 aliphatic heterocycles. The Hall–Kier alpha value is -1.85. The monoisotopic (exact) mass is 291 g/mol. The lowest BCUT2D eigenvalue weighted by molar-refractivity contribution is 0.0933. The molecule has 0 radical (unpaired) electrons. The van der Waals surface area contributed by atoms with E-state index in [0.717, 1.165) is 18.7 Å². The van der Waals surface area contributed by atoms with Gasteiger partial charge in [0.25, 0.3) is 5.91 Å². The first-order chi connectivity index (χ1) is 9.74. The van der Waals surface area contributed by atoms with E-state index in [1.807, 2.05) is 18.2 Å². The zero-order chi connectivity index (χ0) is 13.9. The fourth-order valence-corrected chi connectivity index (χ4v) is 2.22. The third kappa shape index (κ3) is 2.69. The highest BCUT2D eigenvalue weighted by atomic mass is 35.5. The number of carbonyl (C=O) groups excluding carboxylic acids is 1. The second-order valence-corrected chi connectivity index (χ2v) is 5.20. The third-order valence-electron chi connectivity index (χ3n) is 3.30. The number of hydrogen-bond acceptors (Lipinski definition) is 4. The van der Waals surface area contributed by atoms with Gasteiger partial charge in [0.2, 0.25) is 0 Å². The summed E-state index contributed by atoms with van der Waals surface area (Å²) in [6.07, 6.45) is 0. The van der Waals surface area contributed by atoms with Crippen molar-refractivity contribution >= 4 is 17.5 Å². The molecule has 104 valence electrons. The van der Waals surface area contributed by atoms with Gasteiger partial charge in [-0.05, 0) is 12.1 Å². The highest BCUT2D eigenvalue weighted by molar-refractivity contribution is 6.33. The Morgan fingerprint density at radius 2 is 2.25 bits per heavy atom. The maximum Gasteiger partial charge on any atom is 0.273 e. The van der Waals surface area contributed by atoms with Crippen LogP contribution in [-0.4, -0.2) is 30.7 Å². The summed E-state index contributed by atoms with van der Waals surface area (Å²) in [6, 6.07) is 8.89. The van der Waals surface area contributed by atoms with E-state index < -0.39 is 0 Å². The minimum absolute atomic E-state index is 0.223. The van der Waals surface area contributed by atoms with Crippen molar-refractivity contribution in [2.24, 2.45) is 5.92 Å². The Balaban J connectivity index is 1.69. The van der Waals surface area contributed by atoms with Crippen molar-refractivity contribution < 1.29 is 9.32 Å². The molecule has 20 heavy (non-hydrogen) atoms. The average Bonchev–Trinajstić information content (AvgIpc) is 2.87. The lowest BCUT2D eigenvalue weighted by Crippen LogP contribution is -2.48. The van der Waals surface area contributed by atoms with Gasteiger partial charge in [-0.3, -0.25) is 4.79 Å². The van der Waals surface area contributed by atoms with Gasteiger partial charge in [-0.2, -0.15) is 0 Å². The summed E-state index contributed by atoms with van der Waals surface area (Å²) in [5.41, 5.74) is 0.996. The highest BCUT2D eigenvalue weighted by Gasteiger charge is 2.19. The van der Waals surface area contributed by atoms with Crippen LogP contribution in [0.2, 0.25) is 5.02 Å². The summed E-state index contributed by atoms with van der Waals surface area (Å²) in [5, 5.41) is 10.4. The Morgan fingerprint density at radius 1 is 1.45 bits per heavy atom. The van der Waals surface area contributed by atoms with Gasteiger partial charge in [-0.25, -0.2) is 0 Å². The molecule has 1 amide bonds. The number of amides is 1. The van der Waals surface area contributed by atoms with Gasteiger partial charge in [0.05, 0.1) is 5.02 Å². The quantitative estimate of drug-likeness (QED) is 0.903. The second-order valence-electron chi connectivity index (χ2n) is 4.79. The first-order valence-corrected chi connectivity index (χ1v) is 6.82. The van der Waals surface area contributed by atoms with Crippen molar-refractivity contribution in [1.29, 1.82) is 0 Å². The summed E-state index contributed by atoms with van der Waals surface area (Å²) in [4.78, 5) is 11.9. The molecule has 1 saturated heterocycles. The summed E-state index contributed by atoms with van der Waals surface area (Å²) in [5.74, 6) is 0.777. The van der Waals surface area contributed by atoms with E-state index >= 15 is 0 Å². The molecule has 0 saturated carbocycles. The lowest BCUT2D eigenvalue weighted by atomic mass is 10.0. The summed E-state index contributed by atoms with van der Waals surface area (Å²) in [6.45, 7) is 2.55. The Bertz CT molecular complexity index is 622. The van der Waals surface area contributed by atoms with E-state index in [4.69, 9.17) is 16.1 Å². The summed E-state index contributed by atoms with van der Waals surface area (Å²) in [7, 11) is 0. The lowest BCUT2D eigenvalue weighted by Gasteiger charge is -2.26. The van der Waals surface area contributed by atoms with Crippen LogP contribution in [-0.2, 0) is 0 Å². The molecule has 0 atom stereocenters. The third-order valence-corrected chi connectivity index (χ3v) is 3.63. The molecule has 2 aromatic rings. The van der Waals surface area contributed by atoms with Crippen LogP contribution in [0, 0.1) is 5.92 Å². The van der Waals surface area contributed by atoms with Crippen molar-refractivity contribution in [1.82, 2.24) is 15.8 Å². The van der Waals surface area contributed by atoms with Crippen molar-refractivity contribution in [2.75, 3.05) is 19.6 Å². The predicted molar refractivity (Wildman–Crippen MR) is 75.6 cm³/mol. The van der Waals surface area contributed by atoms with Crippen molar-refractivity contribution in [3.05, 3.63) is 41.0 Å². The second kappa shape index (κ2) is 5.64. The zero-order valence-corrected chi connectivity index (χ0v) is 11.5. The van der Waals surface area contributed by atoms with Crippen LogP contribution < -0.4 is 10.6 Å². The first kappa shape index (κ1) is 13.1. The number of nitrogens with one attached hydrogen (secondary N) is 2. The van der Waals surface area contributed by atoms with Crippen LogP contribution in [0.4, 0.5) is 0 Å². The number of carbonyl (C=O) groups is 1. The maximum absolute atomic E-state index is 11.9. The number of aromatic nitrogens is 1. The molecule has 0 unspecified atom stereocenters. The van der Waals surface area contributed by atoms with Gasteiger partial charge < -0.3 is 15.2 Å². The molecular formula is C14H14ClN3O2. The van der Waals surface area contributed by atoms with Gasteiger partial charge in [-0.1, -0.05) is 28.9 Å². The van der Waals surface area contributed by atoms with Crippen LogP contribution in [0.1, 0.15) is 10.5 Å². The number of benzene rings is 1.